The quantitative estimate of drug-likeness (QED) is 0.227. The monoisotopic (exact) mass is 520 g/mol. The average molecular weight is 521 g/mol. The number of hydrogen-bond acceptors (Lipinski definition) is 3. The predicted octanol–water partition coefficient (Wildman–Crippen LogP) is 7.32. The van der Waals surface area contributed by atoms with Crippen molar-refractivity contribution >= 4 is 22.8 Å². The van der Waals surface area contributed by atoms with E-state index in [2.05, 4.69) is 53.8 Å². The lowest BCUT2D eigenvalue weighted by Crippen LogP contribution is -2.25. The van der Waals surface area contributed by atoms with Crippen LogP contribution >= 0.6 is 0 Å². The number of fused-ring (bicyclic) bond motifs is 1. The fourth-order valence-corrected chi connectivity index (χ4v) is 5.86. The highest BCUT2D eigenvalue weighted by atomic mass is 16.4. The van der Waals surface area contributed by atoms with Crippen molar-refractivity contribution in [3.8, 4) is 11.1 Å². The normalized spacial score (nSPS) is 17.2. The molecule has 5 rings (SSSR count). The van der Waals surface area contributed by atoms with Crippen molar-refractivity contribution in [3.63, 3.8) is 0 Å². The fourth-order valence-electron chi connectivity index (χ4n) is 5.86. The van der Waals surface area contributed by atoms with Crippen molar-refractivity contribution in [2.24, 2.45) is 5.92 Å². The molecule has 1 fully saturated rings. The standard InChI is InChI=1S/C34H36N2O3/c1-23-20-31(34(39)35-19-5-8-24-6-3-2-4-7-24)30-18-17-29(22-32(30)36-23)28-15-13-27(14-16-28)26-11-9-25(10-12-26)21-33(37)38/h2-4,6-7,13-18,20,22,25-26H,5,8-12,19,21H2,1H3,(H,35,39)(H,37,38)/t25-,26-. The number of aromatic nitrogens is 1. The molecule has 1 aliphatic rings. The summed E-state index contributed by atoms with van der Waals surface area (Å²) in [6, 6.07) is 27.1. The molecule has 5 nitrogen and oxygen atoms in total. The first-order valence-corrected chi connectivity index (χ1v) is 14.0. The number of amides is 1. The van der Waals surface area contributed by atoms with Crippen molar-refractivity contribution in [1.82, 2.24) is 10.3 Å². The lowest BCUT2D eigenvalue weighted by Gasteiger charge is -2.28. The summed E-state index contributed by atoms with van der Waals surface area (Å²) in [5.41, 5.74) is 7.11. The first-order valence-electron chi connectivity index (χ1n) is 14.0. The van der Waals surface area contributed by atoms with Crippen LogP contribution in [0.1, 0.15) is 71.6 Å². The van der Waals surface area contributed by atoms with Gasteiger partial charge in [-0.2, -0.15) is 0 Å². The SMILES string of the molecule is Cc1cc(C(=O)NCCCc2ccccc2)c2ccc(-c3ccc([C@H]4CC[C@H](CC(=O)O)CC4)cc3)cc2n1. The Labute approximate surface area is 230 Å². The number of carbonyl (C=O) groups is 2. The summed E-state index contributed by atoms with van der Waals surface area (Å²) in [6.45, 7) is 2.56. The second-order valence-corrected chi connectivity index (χ2v) is 10.8. The minimum atomic E-state index is -0.686. The number of benzene rings is 3. The summed E-state index contributed by atoms with van der Waals surface area (Å²) in [4.78, 5) is 28.8. The Kier molecular flexibility index (Phi) is 8.36. The molecule has 2 N–H and O–H groups in total. The molecule has 0 spiro atoms. The summed E-state index contributed by atoms with van der Waals surface area (Å²) in [5, 5.41) is 13.0. The number of hydrogen-bond donors (Lipinski definition) is 2. The number of pyridine rings is 1. The van der Waals surface area contributed by atoms with E-state index in [0.29, 0.717) is 30.4 Å². The number of nitrogens with zero attached hydrogens (tertiary/aromatic N) is 1. The second kappa shape index (κ2) is 12.2. The van der Waals surface area contributed by atoms with Crippen molar-refractivity contribution in [1.29, 1.82) is 0 Å². The predicted molar refractivity (Wildman–Crippen MR) is 156 cm³/mol. The number of carbonyl (C=O) groups excluding carboxylic acids is 1. The molecular weight excluding hydrogens is 484 g/mol. The van der Waals surface area contributed by atoms with Crippen molar-refractivity contribution < 1.29 is 14.7 Å². The zero-order chi connectivity index (χ0) is 27.2. The maximum absolute atomic E-state index is 13.1. The maximum atomic E-state index is 13.1. The zero-order valence-electron chi connectivity index (χ0n) is 22.5. The van der Waals surface area contributed by atoms with Gasteiger partial charge in [0.1, 0.15) is 0 Å². The van der Waals surface area contributed by atoms with Gasteiger partial charge >= 0.3 is 5.97 Å². The van der Waals surface area contributed by atoms with Crippen LogP contribution in [0.3, 0.4) is 0 Å². The van der Waals surface area contributed by atoms with E-state index in [1.165, 1.54) is 11.1 Å². The molecule has 0 radical (unpaired) electrons. The molecule has 0 bridgehead atoms. The number of rotatable bonds is 9. The molecule has 1 aliphatic carbocycles. The second-order valence-electron chi connectivity index (χ2n) is 10.8. The van der Waals surface area contributed by atoms with Crippen LogP contribution in [0.4, 0.5) is 0 Å². The third-order valence-electron chi connectivity index (χ3n) is 7.98. The van der Waals surface area contributed by atoms with Gasteiger partial charge in [-0.3, -0.25) is 14.6 Å². The van der Waals surface area contributed by atoms with E-state index in [1.54, 1.807) is 0 Å². The number of aliphatic carboxylic acids is 1. The molecule has 0 saturated heterocycles. The van der Waals surface area contributed by atoms with Crippen molar-refractivity contribution in [2.45, 2.75) is 57.8 Å². The van der Waals surface area contributed by atoms with Gasteiger partial charge in [0.2, 0.25) is 0 Å². The van der Waals surface area contributed by atoms with Crippen molar-refractivity contribution in [3.05, 3.63) is 101 Å². The van der Waals surface area contributed by atoms with Crippen LogP contribution in [0.25, 0.3) is 22.0 Å². The molecule has 0 aliphatic heterocycles. The van der Waals surface area contributed by atoms with Crippen LogP contribution in [0.2, 0.25) is 0 Å². The van der Waals surface area contributed by atoms with Gasteiger partial charge in [-0.1, -0.05) is 66.7 Å². The van der Waals surface area contributed by atoms with E-state index in [9.17, 15) is 9.59 Å². The van der Waals surface area contributed by atoms with Gasteiger partial charge in [0, 0.05) is 24.0 Å². The van der Waals surface area contributed by atoms with E-state index in [-0.39, 0.29) is 5.91 Å². The van der Waals surface area contributed by atoms with Crippen LogP contribution in [0.15, 0.2) is 78.9 Å². The first-order chi connectivity index (χ1) is 19.0. The summed E-state index contributed by atoms with van der Waals surface area (Å²) in [7, 11) is 0. The molecule has 1 aromatic heterocycles. The Bertz CT molecular complexity index is 1440. The molecule has 1 heterocycles. The van der Waals surface area contributed by atoms with Crippen molar-refractivity contribution in [2.75, 3.05) is 6.54 Å². The third kappa shape index (κ3) is 6.72. The molecule has 39 heavy (non-hydrogen) atoms. The molecule has 1 amide bonds. The summed E-state index contributed by atoms with van der Waals surface area (Å²) < 4.78 is 0. The first kappa shape index (κ1) is 26.6. The highest BCUT2D eigenvalue weighted by Crippen LogP contribution is 2.37. The topological polar surface area (TPSA) is 79.3 Å². The number of carboxylic acid groups (broad SMARTS) is 1. The Hall–Kier alpha value is -3.99. The van der Waals surface area contributed by atoms with Gasteiger partial charge in [-0.15, -0.1) is 0 Å². The lowest BCUT2D eigenvalue weighted by molar-refractivity contribution is -0.138. The van der Waals surface area contributed by atoms with Gasteiger partial charge in [0.15, 0.2) is 0 Å². The highest BCUT2D eigenvalue weighted by Gasteiger charge is 2.24. The van der Waals surface area contributed by atoms with E-state index < -0.39 is 5.97 Å². The minimum Gasteiger partial charge on any atom is -0.481 e. The van der Waals surface area contributed by atoms with Gasteiger partial charge in [0.25, 0.3) is 5.91 Å². The number of aryl methyl sites for hydroxylation is 2. The smallest absolute Gasteiger partial charge is 0.303 e. The summed E-state index contributed by atoms with van der Waals surface area (Å²) >= 11 is 0. The Morgan fingerprint density at radius 3 is 2.33 bits per heavy atom. The number of nitrogens with one attached hydrogen (secondary N) is 1. The Balaban J connectivity index is 1.25. The molecule has 1 saturated carbocycles. The zero-order valence-corrected chi connectivity index (χ0v) is 22.5. The van der Waals surface area contributed by atoms with Crippen LogP contribution in [-0.2, 0) is 11.2 Å². The van der Waals surface area contributed by atoms with Crippen LogP contribution in [-0.4, -0.2) is 28.5 Å². The van der Waals surface area contributed by atoms with E-state index in [1.807, 2.05) is 37.3 Å². The van der Waals surface area contributed by atoms with Gasteiger partial charge in [-0.25, -0.2) is 0 Å². The molecule has 200 valence electrons. The van der Waals surface area contributed by atoms with Gasteiger partial charge in [0.05, 0.1) is 11.1 Å². The lowest BCUT2D eigenvalue weighted by atomic mass is 9.77. The Morgan fingerprint density at radius 1 is 0.897 bits per heavy atom. The molecule has 0 unspecified atom stereocenters. The van der Waals surface area contributed by atoms with Gasteiger partial charge in [-0.05, 0) is 91.7 Å². The van der Waals surface area contributed by atoms with Crippen LogP contribution < -0.4 is 5.32 Å². The third-order valence-corrected chi connectivity index (χ3v) is 7.98. The minimum absolute atomic E-state index is 0.0614. The summed E-state index contributed by atoms with van der Waals surface area (Å²) in [5.74, 6) is 0.0646. The molecule has 5 heteroatoms. The van der Waals surface area contributed by atoms with E-state index in [0.717, 1.165) is 66.2 Å². The maximum Gasteiger partial charge on any atom is 0.303 e. The fraction of sp³-hybridized carbons (Fsp3) is 0.324. The molecule has 4 aromatic rings. The molecule has 0 atom stereocenters. The summed E-state index contributed by atoms with van der Waals surface area (Å²) in [6.07, 6.45) is 6.18. The van der Waals surface area contributed by atoms with Gasteiger partial charge < -0.3 is 10.4 Å². The van der Waals surface area contributed by atoms with E-state index in [4.69, 9.17) is 10.1 Å². The largest absolute Gasteiger partial charge is 0.481 e. The van der Waals surface area contributed by atoms with Crippen LogP contribution in [0, 0.1) is 12.8 Å². The van der Waals surface area contributed by atoms with Crippen LogP contribution in [0.5, 0.6) is 0 Å². The average Bonchev–Trinajstić information content (AvgIpc) is 2.95. The van der Waals surface area contributed by atoms with E-state index >= 15 is 0 Å². The highest BCUT2D eigenvalue weighted by molar-refractivity contribution is 6.06. The molecular formula is C34H36N2O3. The molecule has 3 aromatic carbocycles. The number of carboxylic acids is 1. The Morgan fingerprint density at radius 2 is 1.62 bits per heavy atom.